The number of ether oxygens (including phenoxy) is 5. The maximum absolute atomic E-state index is 13.0. The fourth-order valence-electron chi connectivity index (χ4n) is 6.34. The van der Waals surface area contributed by atoms with Crippen molar-refractivity contribution in [2.24, 2.45) is 0 Å². The van der Waals surface area contributed by atoms with Gasteiger partial charge in [-0.15, -0.1) is 20.2 Å². The number of fused-ring (bicyclic) bond motifs is 1. The van der Waals surface area contributed by atoms with Crippen LogP contribution < -0.4 is 14.2 Å². The summed E-state index contributed by atoms with van der Waals surface area (Å²) in [6.45, 7) is 6.47. The monoisotopic (exact) mass is 866 g/mol. The molecule has 328 valence electrons. The maximum Gasteiger partial charge on any atom is 0.338 e. The van der Waals surface area contributed by atoms with Crippen LogP contribution in [-0.2, 0) is 49.9 Å². The number of esters is 1. The van der Waals surface area contributed by atoms with E-state index < -0.39 is 16.1 Å². The molecule has 17 nitrogen and oxygen atoms in total. The largest absolute Gasteiger partial charge is 0.496 e. The zero-order chi connectivity index (χ0) is 44.0. The molecule has 0 spiro atoms. The lowest BCUT2D eigenvalue weighted by atomic mass is 9.99. The van der Waals surface area contributed by atoms with Crippen LogP contribution in [0.4, 0.5) is 0 Å². The summed E-state index contributed by atoms with van der Waals surface area (Å²) in [6.07, 6.45) is 9.44. The van der Waals surface area contributed by atoms with E-state index in [0.717, 1.165) is 65.3 Å². The average Bonchev–Trinajstić information content (AvgIpc) is 3.87. The van der Waals surface area contributed by atoms with Gasteiger partial charge >= 0.3 is 5.97 Å². The molecule has 4 aromatic rings. The second kappa shape index (κ2) is 25.3. The fourth-order valence-corrected chi connectivity index (χ4v) is 6.50. The van der Waals surface area contributed by atoms with E-state index in [1.165, 1.54) is 5.56 Å². The summed E-state index contributed by atoms with van der Waals surface area (Å²) < 4.78 is 29.8. The SMILES string of the molecule is CCCCn1ncc(/C=C(/C)Cc2cc3c(cc2OC)CCO3)c1-c1ccc(Cl)cc1OCc1ccccc1C(=O)OCCCCO[N+](=O)[O-].O=COCCCCO[N+](=O)[O-]. The van der Waals surface area contributed by atoms with Gasteiger partial charge in [0.2, 0.25) is 0 Å². The van der Waals surface area contributed by atoms with Crippen molar-refractivity contribution >= 4 is 30.1 Å². The van der Waals surface area contributed by atoms with Crippen LogP contribution in [0.2, 0.25) is 5.02 Å². The Morgan fingerprint density at radius 2 is 1.66 bits per heavy atom. The first-order valence-electron chi connectivity index (χ1n) is 19.9. The van der Waals surface area contributed by atoms with Crippen LogP contribution in [0.3, 0.4) is 0 Å². The Kier molecular flexibility index (Phi) is 19.6. The predicted molar refractivity (Wildman–Crippen MR) is 225 cm³/mol. The number of methoxy groups -OCH3 is 1. The zero-order valence-corrected chi connectivity index (χ0v) is 35.3. The second-order valence-corrected chi connectivity index (χ2v) is 14.2. The van der Waals surface area contributed by atoms with Gasteiger partial charge in [0.05, 0.1) is 57.6 Å². The van der Waals surface area contributed by atoms with Crippen molar-refractivity contribution in [1.29, 1.82) is 0 Å². The van der Waals surface area contributed by atoms with Gasteiger partial charge in [0.15, 0.2) is 0 Å². The third-order valence-corrected chi connectivity index (χ3v) is 9.50. The van der Waals surface area contributed by atoms with Gasteiger partial charge in [-0.2, -0.15) is 5.10 Å². The summed E-state index contributed by atoms with van der Waals surface area (Å²) in [5.74, 6) is 1.81. The van der Waals surface area contributed by atoms with Crippen LogP contribution >= 0.6 is 11.6 Å². The zero-order valence-electron chi connectivity index (χ0n) is 34.5. The highest BCUT2D eigenvalue weighted by atomic mass is 35.5. The van der Waals surface area contributed by atoms with Crippen molar-refractivity contribution in [3.05, 3.63) is 119 Å². The number of hydrogen-bond acceptors (Lipinski definition) is 14. The number of unbranched alkanes of at least 4 members (excludes halogenated alkanes) is 3. The summed E-state index contributed by atoms with van der Waals surface area (Å²) in [5, 5.41) is 23.5. The molecule has 0 aliphatic carbocycles. The number of carbonyl (C=O) groups is 2. The lowest BCUT2D eigenvalue weighted by Gasteiger charge is -2.16. The van der Waals surface area contributed by atoms with Crippen LogP contribution in [0.15, 0.2) is 66.4 Å². The fraction of sp³-hybridized carbons (Fsp3) is 0.419. The van der Waals surface area contributed by atoms with Crippen LogP contribution in [0.25, 0.3) is 17.3 Å². The van der Waals surface area contributed by atoms with Crippen LogP contribution in [0.5, 0.6) is 17.2 Å². The van der Waals surface area contributed by atoms with Gasteiger partial charge in [0, 0.05) is 45.8 Å². The Hall–Kier alpha value is -6.36. The van der Waals surface area contributed by atoms with E-state index in [-0.39, 0.29) is 33.0 Å². The molecule has 1 aliphatic heterocycles. The molecule has 0 fully saturated rings. The molecular weight excluding hydrogens is 816 g/mol. The van der Waals surface area contributed by atoms with Crippen molar-refractivity contribution in [2.75, 3.05) is 40.1 Å². The lowest BCUT2D eigenvalue weighted by molar-refractivity contribution is -0.757. The second-order valence-electron chi connectivity index (χ2n) is 13.8. The third-order valence-electron chi connectivity index (χ3n) is 9.26. The number of benzene rings is 3. The molecule has 0 saturated carbocycles. The molecule has 0 radical (unpaired) electrons. The molecule has 1 aliphatic rings. The Balaban J connectivity index is 0.000000654. The Bertz CT molecular complexity index is 2110. The van der Waals surface area contributed by atoms with Crippen molar-refractivity contribution < 1.29 is 53.1 Å². The van der Waals surface area contributed by atoms with E-state index in [0.29, 0.717) is 67.1 Å². The standard InChI is InChI=1S/C38H42ClN3O8.C5H9NO5/c1-4-5-15-41-37(30(24-40-41)20-26(2)19-29-22-35-27(14-18-47-35)21-34(29)46-3)33-13-12-31(39)23-36(33)49-25-28-10-6-7-11-32(28)38(43)48-16-8-9-17-50-42(44)45;7-5-10-3-1-2-4-11-6(8)9/h6-7,10-13,20-24H,4-5,8-9,14-19,25H2,1-3H3;5H,1-4H2/b26-20-;. The van der Waals surface area contributed by atoms with Gasteiger partial charge < -0.3 is 33.4 Å². The van der Waals surface area contributed by atoms with Gasteiger partial charge in [-0.3, -0.25) is 9.48 Å². The summed E-state index contributed by atoms with van der Waals surface area (Å²) in [6, 6.07) is 16.8. The molecule has 0 amide bonds. The Labute approximate surface area is 358 Å². The van der Waals surface area contributed by atoms with Gasteiger partial charge in [-0.25, -0.2) is 4.79 Å². The van der Waals surface area contributed by atoms with E-state index in [2.05, 4.69) is 46.5 Å². The lowest BCUT2D eigenvalue weighted by Crippen LogP contribution is -2.12. The summed E-state index contributed by atoms with van der Waals surface area (Å²) in [5.41, 5.74) is 7.02. The summed E-state index contributed by atoms with van der Waals surface area (Å²) >= 11 is 6.50. The first-order valence-corrected chi connectivity index (χ1v) is 20.3. The number of nitrogens with zero attached hydrogens (tertiary/aromatic N) is 4. The number of hydrogen-bond donors (Lipinski definition) is 0. The van der Waals surface area contributed by atoms with E-state index in [1.807, 2.05) is 35.1 Å². The summed E-state index contributed by atoms with van der Waals surface area (Å²) in [4.78, 5) is 50.8. The van der Waals surface area contributed by atoms with Crippen LogP contribution in [-0.4, -0.2) is 72.5 Å². The minimum absolute atomic E-state index is 0.0508. The topological polar surface area (TPSA) is 203 Å². The number of rotatable bonds is 25. The smallest absolute Gasteiger partial charge is 0.338 e. The summed E-state index contributed by atoms with van der Waals surface area (Å²) in [7, 11) is 1.69. The van der Waals surface area contributed by atoms with Gasteiger partial charge in [-0.1, -0.05) is 54.8 Å². The highest BCUT2D eigenvalue weighted by molar-refractivity contribution is 6.30. The highest BCUT2D eigenvalue weighted by Gasteiger charge is 2.20. The molecule has 0 bridgehead atoms. The molecular formula is C43H51ClN4O13. The number of carbonyl (C=O) groups excluding carboxylic acids is 2. The number of allylic oxidation sites excluding steroid dienone is 1. The van der Waals surface area contributed by atoms with E-state index in [4.69, 9.17) is 35.6 Å². The minimum Gasteiger partial charge on any atom is -0.496 e. The Morgan fingerprint density at radius 3 is 2.36 bits per heavy atom. The van der Waals surface area contributed by atoms with Gasteiger partial charge in [0.1, 0.15) is 23.9 Å². The third kappa shape index (κ3) is 15.3. The molecule has 18 heteroatoms. The van der Waals surface area contributed by atoms with Crippen LogP contribution in [0, 0.1) is 20.2 Å². The van der Waals surface area contributed by atoms with E-state index in [1.54, 1.807) is 25.3 Å². The van der Waals surface area contributed by atoms with Crippen molar-refractivity contribution in [3.63, 3.8) is 0 Å². The average molecular weight is 867 g/mol. The quantitative estimate of drug-likeness (QED) is 0.0202. The molecule has 0 atom stereocenters. The maximum atomic E-state index is 13.0. The molecule has 1 aromatic heterocycles. The molecule has 0 N–H and O–H groups in total. The number of aromatic nitrogens is 2. The van der Waals surface area contributed by atoms with E-state index in [9.17, 15) is 29.8 Å². The first-order chi connectivity index (χ1) is 29.5. The van der Waals surface area contributed by atoms with Crippen molar-refractivity contribution in [3.8, 4) is 28.5 Å². The molecule has 0 unspecified atom stereocenters. The highest BCUT2D eigenvalue weighted by Crippen LogP contribution is 2.38. The normalized spacial score (nSPS) is 11.6. The van der Waals surface area contributed by atoms with Crippen molar-refractivity contribution in [1.82, 2.24) is 9.78 Å². The molecule has 61 heavy (non-hydrogen) atoms. The molecule has 3 aromatic carbocycles. The number of aryl methyl sites for hydroxylation is 1. The molecule has 0 saturated heterocycles. The van der Waals surface area contributed by atoms with Gasteiger partial charge in [-0.05, 0) is 81.8 Å². The number of halogens is 1. The first kappa shape index (κ1) is 47.3. The molecule has 2 heterocycles. The van der Waals surface area contributed by atoms with Gasteiger partial charge in [0.25, 0.3) is 16.6 Å². The minimum atomic E-state index is -0.847. The van der Waals surface area contributed by atoms with E-state index >= 15 is 0 Å². The van der Waals surface area contributed by atoms with Crippen molar-refractivity contribution in [2.45, 2.75) is 78.4 Å². The Morgan fingerprint density at radius 1 is 0.934 bits per heavy atom. The van der Waals surface area contributed by atoms with Crippen LogP contribution in [0.1, 0.15) is 85.0 Å². The molecule has 5 rings (SSSR count). The predicted octanol–water partition coefficient (Wildman–Crippen LogP) is 8.47.